The van der Waals surface area contributed by atoms with E-state index in [1.54, 1.807) is 0 Å². The predicted octanol–water partition coefficient (Wildman–Crippen LogP) is 5.17. The van der Waals surface area contributed by atoms with Crippen molar-refractivity contribution in [3.8, 4) is 11.1 Å². The molecule has 35 heavy (non-hydrogen) atoms. The molecule has 1 aliphatic rings. The largest absolute Gasteiger partial charge is 0.478 e. The van der Waals surface area contributed by atoms with E-state index >= 15 is 0 Å². The van der Waals surface area contributed by atoms with Crippen LogP contribution in [0.25, 0.3) is 11.1 Å². The summed E-state index contributed by atoms with van der Waals surface area (Å²) in [4.78, 5) is 36.3. The van der Waals surface area contributed by atoms with Gasteiger partial charge in [0.2, 0.25) is 5.91 Å². The molecular formula is C27H25FN2O5. The van der Waals surface area contributed by atoms with Gasteiger partial charge in [-0.25, -0.2) is 14.0 Å². The minimum Gasteiger partial charge on any atom is -0.478 e. The lowest BCUT2D eigenvalue weighted by Gasteiger charge is -2.19. The number of alkyl carbamates (subject to hydrolysis) is 1. The molecule has 7 nitrogen and oxygen atoms in total. The van der Waals surface area contributed by atoms with E-state index in [9.17, 15) is 18.8 Å². The molecule has 3 aromatic rings. The van der Waals surface area contributed by atoms with Gasteiger partial charge in [0.15, 0.2) is 0 Å². The lowest BCUT2D eigenvalue weighted by Crippen LogP contribution is -2.44. The number of rotatable bonds is 8. The number of carboxylic acids is 1. The SMILES string of the molecule is CCC[C@H](NC(=O)OCC1c2ccccc2-c2ccccc21)C(=O)Nc1ccc(C(=O)O)cc1F. The van der Waals surface area contributed by atoms with Crippen LogP contribution in [0.15, 0.2) is 66.7 Å². The zero-order valence-corrected chi connectivity index (χ0v) is 19.1. The van der Waals surface area contributed by atoms with Gasteiger partial charge in [0.25, 0.3) is 0 Å². The molecule has 1 atom stereocenters. The fourth-order valence-corrected chi connectivity index (χ4v) is 4.31. The maximum Gasteiger partial charge on any atom is 0.407 e. The molecule has 0 aromatic heterocycles. The standard InChI is InChI=1S/C27H25FN2O5/c1-2-7-24(25(31)29-23-13-12-16(26(32)33)14-22(23)28)30-27(34)35-15-21-19-10-5-3-8-17(19)18-9-4-6-11-20(18)21/h3-6,8-14,21,24H,2,7,15H2,1H3,(H,29,31)(H,30,34)(H,32,33)/t24-/m0/s1. The second kappa shape index (κ2) is 10.4. The van der Waals surface area contributed by atoms with Crippen LogP contribution < -0.4 is 10.6 Å². The van der Waals surface area contributed by atoms with E-state index in [-0.39, 0.29) is 23.8 Å². The quantitative estimate of drug-likeness (QED) is 0.416. The van der Waals surface area contributed by atoms with Gasteiger partial charge >= 0.3 is 12.1 Å². The second-order valence-corrected chi connectivity index (χ2v) is 8.30. The first-order chi connectivity index (χ1) is 16.9. The molecule has 3 N–H and O–H groups in total. The molecule has 0 saturated carbocycles. The Kier molecular flexibility index (Phi) is 7.10. The van der Waals surface area contributed by atoms with Gasteiger partial charge in [-0.05, 0) is 46.9 Å². The normalized spacial score (nSPS) is 12.9. The van der Waals surface area contributed by atoms with Gasteiger partial charge in [-0.15, -0.1) is 0 Å². The van der Waals surface area contributed by atoms with E-state index < -0.39 is 29.8 Å². The van der Waals surface area contributed by atoms with Crippen LogP contribution in [0.2, 0.25) is 0 Å². The highest BCUT2D eigenvalue weighted by Crippen LogP contribution is 2.44. The van der Waals surface area contributed by atoms with Crippen LogP contribution in [0, 0.1) is 5.82 Å². The van der Waals surface area contributed by atoms with Crippen LogP contribution >= 0.6 is 0 Å². The smallest absolute Gasteiger partial charge is 0.407 e. The number of fused-ring (bicyclic) bond motifs is 3. The number of carboxylic acid groups (broad SMARTS) is 1. The summed E-state index contributed by atoms with van der Waals surface area (Å²) in [5.74, 6) is -2.90. The average molecular weight is 477 g/mol. The highest BCUT2D eigenvalue weighted by atomic mass is 19.1. The monoisotopic (exact) mass is 476 g/mol. The summed E-state index contributed by atoms with van der Waals surface area (Å²) in [6.45, 7) is 1.95. The van der Waals surface area contributed by atoms with Crippen LogP contribution in [0.4, 0.5) is 14.9 Å². The van der Waals surface area contributed by atoms with Gasteiger partial charge in [0.1, 0.15) is 18.5 Å². The molecule has 0 radical (unpaired) electrons. The molecule has 180 valence electrons. The van der Waals surface area contributed by atoms with Gasteiger partial charge in [-0.1, -0.05) is 61.9 Å². The number of benzene rings is 3. The van der Waals surface area contributed by atoms with Crippen molar-refractivity contribution < 1.29 is 28.6 Å². The van der Waals surface area contributed by atoms with Crippen LogP contribution in [-0.2, 0) is 9.53 Å². The van der Waals surface area contributed by atoms with E-state index in [4.69, 9.17) is 9.84 Å². The number of amides is 2. The predicted molar refractivity (Wildman–Crippen MR) is 129 cm³/mol. The third-order valence-corrected chi connectivity index (χ3v) is 6.00. The van der Waals surface area contributed by atoms with Crippen molar-refractivity contribution in [3.05, 3.63) is 89.2 Å². The second-order valence-electron chi connectivity index (χ2n) is 8.30. The number of carbonyl (C=O) groups excluding carboxylic acids is 2. The maximum absolute atomic E-state index is 14.2. The lowest BCUT2D eigenvalue weighted by atomic mass is 9.98. The first-order valence-electron chi connectivity index (χ1n) is 11.3. The van der Waals surface area contributed by atoms with E-state index in [1.165, 1.54) is 12.1 Å². The van der Waals surface area contributed by atoms with Gasteiger partial charge in [0.05, 0.1) is 11.3 Å². The molecule has 0 bridgehead atoms. The Balaban J connectivity index is 1.41. The Labute approximate surface area is 201 Å². The zero-order chi connectivity index (χ0) is 24.9. The first-order valence-corrected chi connectivity index (χ1v) is 11.3. The number of anilines is 1. The minimum absolute atomic E-state index is 0.103. The van der Waals surface area contributed by atoms with E-state index in [0.717, 1.165) is 28.3 Å². The minimum atomic E-state index is -1.28. The number of nitrogens with one attached hydrogen (secondary N) is 2. The van der Waals surface area contributed by atoms with Crippen molar-refractivity contribution in [3.63, 3.8) is 0 Å². The number of ether oxygens (including phenoxy) is 1. The molecule has 0 spiro atoms. The summed E-state index contributed by atoms with van der Waals surface area (Å²) in [6.07, 6.45) is 0.148. The molecule has 0 unspecified atom stereocenters. The first kappa shape index (κ1) is 23.9. The molecule has 0 saturated heterocycles. The van der Waals surface area contributed by atoms with Crippen LogP contribution in [0.3, 0.4) is 0 Å². The molecule has 2 amide bonds. The molecule has 8 heteroatoms. The summed E-state index contributed by atoms with van der Waals surface area (Å²) >= 11 is 0. The van der Waals surface area contributed by atoms with Gasteiger partial charge in [-0.3, -0.25) is 4.79 Å². The fourth-order valence-electron chi connectivity index (χ4n) is 4.31. The number of carbonyl (C=O) groups is 3. The summed E-state index contributed by atoms with van der Waals surface area (Å²) in [7, 11) is 0. The van der Waals surface area contributed by atoms with Crippen molar-refractivity contribution >= 4 is 23.7 Å². The Morgan fingerprint density at radius 2 is 1.63 bits per heavy atom. The number of hydrogen-bond donors (Lipinski definition) is 3. The van der Waals surface area contributed by atoms with Gasteiger partial charge in [-0.2, -0.15) is 0 Å². The third-order valence-electron chi connectivity index (χ3n) is 6.00. The fraction of sp³-hybridized carbons (Fsp3) is 0.222. The molecule has 4 rings (SSSR count). The number of hydrogen-bond acceptors (Lipinski definition) is 4. The van der Waals surface area contributed by atoms with E-state index in [2.05, 4.69) is 10.6 Å². The zero-order valence-electron chi connectivity index (χ0n) is 19.1. The molecule has 0 fully saturated rings. The van der Waals surface area contributed by atoms with Crippen LogP contribution in [-0.4, -0.2) is 35.7 Å². The highest BCUT2D eigenvalue weighted by Gasteiger charge is 2.29. The Morgan fingerprint density at radius 3 is 2.20 bits per heavy atom. The van der Waals surface area contributed by atoms with Crippen molar-refractivity contribution in [1.82, 2.24) is 5.32 Å². The summed E-state index contributed by atoms with van der Waals surface area (Å²) < 4.78 is 19.7. The van der Waals surface area contributed by atoms with Crippen LogP contribution in [0.1, 0.15) is 47.2 Å². The summed E-state index contributed by atoms with van der Waals surface area (Å²) in [5.41, 5.74) is 3.96. The van der Waals surface area contributed by atoms with Crippen molar-refractivity contribution in [2.75, 3.05) is 11.9 Å². The third kappa shape index (κ3) is 5.16. The Morgan fingerprint density at radius 1 is 1.00 bits per heavy atom. The molecule has 0 heterocycles. The van der Waals surface area contributed by atoms with Gasteiger partial charge < -0.3 is 20.5 Å². The van der Waals surface area contributed by atoms with Gasteiger partial charge in [0, 0.05) is 5.92 Å². The topological polar surface area (TPSA) is 105 Å². The maximum atomic E-state index is 14.2. The number of aromatic carboxylic acids is 1. The molecule has 0 aliphatic heterocycles. The average Bonchev–Trinajstić information content (AvgIpc) is 3.17. The van der Waals surface area contributed by atoms with E-state index in [0.29, 0.717) is 12.8 Å². The molecule has 3 aromatic carbocycles. The van der Waals surface area contributed by atoms with Crippen LogP contribution in [0.5, 0.6) is 0 Å². The molecule has 1 aliphatic carbocycles. The lowest BCUT2D eigenvalue weighted by molar-refractivity contribution is -0.118. The number of halogens is 1. The van der Waals surface area contributed by atoms with E-state index in [1.807, 2.05) is 55.5 Å². The van der Waals surface area contributed by atoms with Crippen molar-refractivity contribution in [1.29, 1.82) is 0 Å². The summed E-state index contributed by atoms with van der Waals surface area (Å²) in [6, 6.07) is 18.2. The Hall–Kier alpha value is -4.20. The van der Waals surface area contributed by atoms with Crippen molar-refractivity contribution in [2.24, 2.45) is 0 Å². The Bertz CT molecular complexity index is 1230. The van der Waals surface area contributed by atoms with Crippen molar-refractivity contribution in [2.45, 2.75) is 31.7 Å². The summed E-state index contributed by atoms with van der Waals surface area (Å²) in [5, 5.41) is 13.9. The molecular weight excluding hydrogens is 451 g/mol. The highest BCUT2D eigenvalue weighted by molar-refractivity contribution is 5.97.